The Morgan fingerprint density at radius 1 is 1.27 bits per heavy atom. The molecule has 2 aromatic rings. The number of aromatic nitrogens is 2. The van der Waals surface area contributed by atoms with Gasteiger partial charge in [0.1, 0.15) is 15.9 Å². The molecule has 142 valence electrons. The standard InChI is InChI=1S/C18H25N3O4S/c1-26(23,24)14-18(22)17-11-16-12-20(7-8-21(16)19-17)9-10-25-13-15-5-3-2-4-6-15/h2-6,11,18,22H,7-10,12-14H2,1H3/t18-/m0/s1. The predicted octanol–water partition coefficient (Wildman–Crippen LogP) is 0.993. The van der Waals surface area contributed by atoms with Crippen molar-refractivity contribution in [3.8, 4) is 0 Å². The number of hydrogen-bond acceptors (Lipinski definition) is 6. The van der Waals surface area contributed by atoms with E-state index in [0.29, 0.717) is 25.5 Å². The monoisotopic (exact) mass is 379 g/mol. The topological polar surface area (TPSA) is 84.7 Å². The highest BCUT2D eigenvalue weighted by atomic mass is 32.2. The zero-order valence-electron chi connectivity index (χ0n) is 14.9. The van der Waals surface area contributed by atoms with Crippen LogP contribution in [0.3, 0.4) is 0 Å². The average Bonchev–Trinajstić information content (AvgIpc) is 3.02. The van der Waals surface area contributed by atoms with Crippen LogP contribution in [0, 0.1) is 0 Å². The Bertz CT molecular complexity index is 820. The highest BCUT2D eigenvalue weighted by molar-refractivity contribution is 7.90. The van der Waals surface area contributed by atoms with Crippen LogP contribution in [-0.2, 0) is 34.3 Å². The van der Waals surface area contributed by atoms with Gasteiger partial charge in [-0.3, -0.25) is 9.58 Å². The third-order valence-corrected chi connectivity index (χ3v) is 5.28. The summed E-state index contributed by atoms with van der Waals surface area (Å²) in [6.45, 7) is 4.36. The number of aliphatic hydroxyl groups excluding tert-OH is 1. The van der Waals surface area contributed by atoms with Crippen LogP contribution >= 0.6 is 0 Å². The molecule has 1 aliphatic rings. The smallest absolute Gasteiger partial charge is 0.150 e. The molecule has 0 saturated heterocycles. The van der Waals surface area contributed by atoms with Crippen molar-refractivity contribution in [2.24, 2.45) is 0 Å². The molecule has 1 aromatic heterocycles. The lowest BCUT2D eigenvalue weighted by Gasteiger charge is -2.27. The van der Waals surface area contributed by atoms with Crippen LogP contribution < -0.4 is 0 Å². The fourth-order valence-electron chi connectivity index (χ4n) is 3.03. The maximum Gasteiger partial charge on any atom is 0.150 e. The van der Waals surface area contributed by atoms with Gasteiger partial charge in [0.25, 0.3) is 0 Å². The van der Waals surface area contributed by atoms with Gasteiger partial charge < -0.3 is 9.84 Å². The molecule has 0 radical (unpaired) electrons. The number of nitrogens with zero attached hydrogens (tertiary/aromatic N) is 3. The first-order chi connectivity index (χ1) is 12.4. The minimum atomic E-state index is -3.25. The van der Waals surface area contributed by atoms with Crippen molar-refractivity contribution < 1.29 is 18.3 Å². The molecular weight excluding hydrogens is 354 g/mol. The number of ether oxygens (including phenoxy) is 1. The van der Waals surface area contributed by atoms with Gasteiger partial charge in [0.2, 0.25) is 0 Å². The molecule has 8 heteroatoms. The highest BCUT2D eigenvalue weighted by Gasteiger charge is 2.23. The molecule has 0 amide bonds. The Morgan fingerprint density at radius 2 is 2.04 bits per heavy atom. The van der Waals surface area contributed by atoms with Crippen LogP contribution in [0.25, 0.3) is 0 Å². The number of rotatable bonds is 8. The average molecular weight is 379 g/mol. The summed E-state index contributed by atoms with van der Waals surface area (Å²) in [7, 11) is -3.25. The summed E-state index contributed by atoms with van der Waals surface area (Å²) in [5.41, 5.74) is 2.57. The first kappa shape index (κ1) is 19.0. The number of fused-ring (bicyclic) bond motifs is 1. The van der Waals surface area contributed by atoms with Crippen LogP contribution in [0.5, 0.6) is 0 Å². The zero-order chi connectivity index (χ0) is 18.6. The van der Waals surface area contributed by atoms with Gasteiger partial charge in [-0.2, -0.15) is 5.10 Å². The van der Waals surface area contributed by atoms with E-state index in [1.807, 2.05) is 35.0 Å². The molecule has 0 spiro atoms. The molecule has 2 heterocycles. The second-order valence-electron chi connectivity index (χ2n) is 6.71. The molecule has 1 aromatic carbocycles. The molecule has 1 aliphatic heterocycles. The third kappa shape index (κ3) is 5.38. The maximum atomic E-state index is 11.3. The molecule has 0 saturated carbocycles. The van der Waals surface area contributed by atoms with Gasteiger partial charge in [0, 0.05) is 25.9 Å². The van der Waals surface area contributed by atoms with Crippen molar-refractivity contribution in [3.63, 3.8) is 0 Å². The highest BCUT2D eigenvalue weighted by Crippen LogP contribution is 2.19. The van der Waals surface area contributed by atoms with Crippen molar-refractivity contribution >= 4 is 9.84 Å². The quantitative estimate of drug-likeness (QED) is 0.689. The Hall–Kier alpha value is -1.74. The molecule has 1 N–H and O–H groups in total. The van der Waals surface area contributed by atoms with E-state index in [1.54, 1.807) is 6.07 Å². The Morgan fingerprint density at radius 3 is 2.77 bits per heavy atom. The SMILES string of the molecule is CS(=O)(=O)C[C@H](O)c1cc2n(n1)CCN(CCOCc1ccccc1)C2. The first-order valence-electron chi connectivity index (χ1n) is 8.67. The minimum Gasteiger partial charge on any atom is -0.386 e. The van der Waals surface area contributed by atoms with Crippen molar-refractivity contribution in [3.05, 3.63) is 53.3 Å². The largest absolute Gasteiger partial charge is 0.386 e. The van der Waals surface area contributed by atoms with E-state index in [2.05, 4.69) is 10.00 Å². The fourth-order valence-corrected chi connectivity index (χ4v) is 3.77. The third-order valence-electron chi connectivity index (χ3n) is 4.36. The fraction of sp³-hybridized carbons (Fsp3) is 0.500. The van der Waals surface area contributed by atoms with Gasteiger partial charge in [-0.15, -0.1) is 0 Å². The number of sulfone groups is 1. The van der Waals surface area contributed by atoms with Crippen LogP contribution in [0.4, 0.5) is 0 Å². The second-order valence-corrected chi connectivity index (χ2v) is 8.89. The van der Waals surface area contributed by atoms with E-state index in [-0.39, 0.29) is 5.75 Å². The van der Waals surface area contributed by atoms with E-state index in [9.17, 15) is 13.5 Å². The summed E-state index contributed by atoms with van der Waals surface area (Å²) < 4.78 is 30.3. The molecular formula is C18H25N3O4S. The normalized spacial score (nSPS) is 16.4. The molecule has 0 fully saturated rings. The molecule has 26 heavy (non-hydrogen) atoms. The summed E-state index contributed by atoms with van der Waals surface area (Å²) in [6.07, 6.45) is 0.0365. The number of hydrogen-bond donors (Lipinski definition) is 1. The van der Waals surface area contributed by atoms with Gasteiger partial charge in [-0.05, 0) is 11.6 Å². The van der Waals surface area contributed by atoms with Crippen LogP contribution in [0.1, 0.15) is 23.1 Å². The predicted molar refractivity (Wildman–Crippen MR) is 98.3 cm³/mol. The maximum absolute atomic E-state index is 11.3. The molecule has 7 nitrogen and oxygen atoms in total. The van der Waals surface area contributed by atoms with Gasteiger partial charge in [-0.25, -0.2) is 8.42 Å². The molecule has 0 aliphatic carbocycles. The summed E-state index contributed by atoms with van der Waals surface area (Å²) >= 11 is 0. The van der Waals surface area contributed by atoms with Crippen molar-refractivity contribution in [2.75, 3.05) is 31.7 Å². The van der Waals surface area contributed by atoms with Crippen LogP contribution in [-0.4, -0.2) is 59.9 Å². The van der Waals surface area contributed by atoms with Crippen LogP contribution in [0.15, 0.2) is 36.4 Å². The van der Waals surface area contributed by atoms with Crippen molar-refractivity contribution in [2.45, 2.75) is 25.8 Å². The first-order valence-corrected chi connectivity index (χ1v) is 10.7. The lowest BCUT2D eigenvalue weighted by molar-refractivity contribution is 0.0828. The number of aliphatic hydroxyl groups is 1. The Kier molecular flexibility index (Phi) is 6.08. The molecule has 0 unspecified atom stereocenters. The summed E-state index contributed by atoms with van der Waals surface area (Å²) in [5.74, 6) is -0.305. The molecule has 0 bridgehead atoms. The van der Waals surface area contributed by atoms with Gasteiger partial charge >= 0.3 is 0 Å². The van der Waals surface area contributed by atoms with Crippen molar-refractivity contribution in [1.29, 1.82) is 0 Å². The number of benzene rings is 1. The van der Waals surface area contributed by atoms with Gasteiger partial charge in [-0.1, -0.05) is 30.3 Å². The van der Waals surface area contributed by atoms with Crippen molar-refractivity contribution in [1.82, 2.24) is 14.7 Å². The summed E-state index contributed by atoms with van der Waals surface area (Å²) in [5, 5.41) is 14.4. The lowest BCUT2D eigenvalue weighted by atomic mass is 10.2. The van der Waals surface area contributed by atoms with E-state index < -0.39 is 15.9 Å². The molecule has 1 atom stereocenters. The van der Waals surface area contributed by atoms with Gasteiger partial charge in [0.05, 0.1) is 36.9 Å². The Balaban J connectivity index is 1.48. The van der Waals surface area contributed by atoms with E-state index >= 15 is 0 Å². The van der Waals surface area contributed by atoms with Gasteiger partial charge in [0.15, 0.2) is 0 Å². The summed E-state index contributed by atoms with van der Waals surface area (Å²) in [6, 6.07) is 11.9. The zero-order valence-corrected chi connectivity index (χ0v) is 15.7. The molecule has 3 rings (SSSR count). The lowest BCUT2D eigenvalue weighted by Crippen LogP contribution is -2.36. The second kappa shape index (κ2) is 8.30. The van der Waals surface area contributed by atoms with E-state index in [1.165, 1.54) is 0 Å². The summed E-state index contributed by atoms with van der Waals surface area (Å²) in [4.78, 5) is 2.27. The van der Waals surface area contributed by atoms with E-state index in [0.717, 1.165) is 37.1 Å². The van der Waals surface area contributed by atoms with E-state index in [4.69, 9.17) is 4.74 Å². The minimum absolute atomic E-state index is 0.305. The van der Waals surface area contributed by atoms with Crippen LogP contribution in [0.2, 0.25) is 0 Å². The Labute approximate surface area is 154 Å².